The van der Waals surface area contributed by atoms with Gasteiger partial charge in [-0.05, 0) is 66.2 Å². The number of para-hydroxylation sites is 4. The molecule has 8 rings (SSSR count). The first-order valence-electron chi connectivity index (χ1n) is 13.8. The summed E-state index contributed by atoms with van der Waals surface area (Å²) in [6.45, 7) is 0. The first-order valence-corrected chi connectivity index (χ1v) is 13.8. The van der Waals surface area contributed by atoms with E-state index in [4.69, 9.17) is 0 Å². The maximum absolute atomic E-state index is 10.1. The topological polar surface area (TPSA) is 57.4 Å². The van der Waals surface area contributed by atoms with E-state index in [0.29, 0.717) is 11.1 Å². The molecule has 2 heterocycles. The summed E-state index contributed by atoms with van der Waals surface area (Å²) >= 11 is 0. The third-order valence-corrected chi connectivity index (χ3v) is 8.16. The molecule has 0 aliphatic rings. The molecule has 8 aromatic rings. The molecule has 0 atom stereocenters. The van der Waals surface area contributed by atoms with Crippen LogP contribution < -0.4 is 0 Å². The average molecular weight is 535 g/mol. The second kappa shape index (κ2) is 9.24. The summed E-state index contributed by atoms with van der Waals surface area (Å²) < 4.78 is 4.59. The van der Waals surface area contributed by atoms with Crippen molar-refractivity contribution >= 4 is 43.6 Å². The van der Waals surface area contributed by atoms with E-state index in [1.165, 1.54) is 21.5 Å². The highest BCUT2D eigenvalue weighted by Gasteiger charge is 2.18. The second-order valence-corrected chi connectivity index (χ2v) is 10.5. The molecular formula is C38H22N4. The largest absolute Gasteiger partial charge is 0.309 e. The number of rotatable bonds is 3. The molecule has 42 heavy (non-hydrogen) atoms. The molecule has 0 aliphatic carbocycles. The fraction of sp³-hybridized carbons (Fsp3) is 0. The van der Waals surface area contributed by atoms with Gasteiger partial charge >= 0.3 is 0 Å². The second-order valence-electron chi connectivity index (χ2n) is 10.5. The van der Waals surface area contributed by atoms with Crippen molar-refractivity contribution in [2.45, 2.75) is 0 Å². The van der Waals surface area contributed by atoms with Crippen molar-refractivity contribution in [1.82, 2.24) is 9.13 Å². The number of aromatic nitrogens is 2. The number of hydrogen-bond acceptors (Lipinski definition) is 2. The maximum Gasteiger partial charge on any atom is 0.0998 e. The van der Waals surface area contributed by atoms with Gasteiger partial charge in [-0.15, -0.1) is 0 Å². The van der Waals surface area contributed by atoms with Gasteiger partial charge in [0.05, 0.1) is 45.3 Å². The Bertz CT molecular complexity index is 2200. The van der Waals surface area contributed by atoms with Crippen LogP contribution in [0.5, 0.6) is 0 Å². The van der Waals surface area contributed by atoms with Crippen molar-refractivity contribution < 1.29 is 0 Å². The van der Waals surface area contributed by atoms with Crippen molar-refractivity contribution in [3.05, 3.63) is 145 Å². The molecule has 0 bridgehead atoms. The quantitative estimate of drug-likeness (QED) is 0.227. The van der Waals surface area contributed by atoms with Crippen molar-refractivity contribution in [2.75, 3.05) is 0 Å². The summed E-state index contributed by atoms with van der Waals surface area (Å²) in [5.74, 6) is 0. The van der Waals surface area contributed by atoms with E-state index in [0.717, 1.165) is 44.6 Å². The molecule has 4 heteroatoms. The van der Waals surface area contributed by atoms with Gasteiger partial charge in [-0.25, -0.2) is 0 Å². The number of hydrogen-bond donors (Lipinski definition) is 0. The molecule has 0 amide bonds. The van der Waals surface area contributed by atoms with Crippen LogP contribution in [-0.2, 0) is 0 Å². The Morgan fingerprint density at radius 1 is 0.429 bits per heavy atom. The fourth-order valence-corrected chi connectivity index (χ4v) is 6.36. The minimum absolute atomic E-state index is 0.518. The molecule has 0 saturated carbocycles. The zero-order valence-corrected chi connectivity index (χ0v) is 22.5. The highest BCUT2D eigenvalue weighted by atomic mass is 15.0. The number of benzene rings is 6. The Kier molecular flexibility index (Phi) is 5.22. The predicted octanol–water partition coefficient (Wildman–Crippen LogP) is 9.29. The molecule has 6 aromatic carbocycles. The lowest BCUT2D eigenvalue weighted by Crippen LogP contribution is -2.00. The van der Waals surface area contributed by atoms with Gasteiger partial charge in [-0.2, -0.15) is 10.5 Å². The molecule has 4 nitrogen and oxygen atoms in total. The third kappa shape index (κ3) is 3.47. The summed E-state index contributed by atoms with van der Waals surface area (Å²) in [6, 6.07) is 50.2. The van der Waals surface area contributed by atoms with E-state index in [-0.39, 0.29) is 0 Å². The van der Waals surface area contributed by atoms with E-state index < -0.39 is 0 Å². The van der Waals surface area contributed by atoms with Crippen LogP contribution >= 0.6 is 0 Å². The molecule has 0 aliphatic heterocycles. The normalized spacial score (nSPS) is 11.3. The third-order valence-electron chi connectivity index (χ3n) is 8.16. The number of fused-ring (bicyclic) bond motifs is 6. The maximum atomic E-state index is 10.1. The molecule has 0 unspecified atom stereocenters. The fourth-order valence-electron chi connectivity index (χ4n) is 6.36. The highest BCUT2D eigenvalue weighted by Crippen LogP contribution is 2.38. The van der Waals surface area contributed by atoms with E-state index in [9.17, 15) is 10.5 Å². The average Bonchev–Trinajstić information content (AvgIpc) is 3.57. The van der Waals surface area contributed by atoms with E-state index in [2.05, 4.69) is 137 Å². The summed E-state index contributed by atoms with van der Waals surface area (Å²) in [7, 11) is 0. The van der Waals surface area contributed by atoms with Crippen LogP contribution in [0.25, 0.3) is 66.1 Å². The van der Waals surface area contributed by atoms with E-state index >= 15 is 0 Å². The molecule has 2 aromatic heterocycles. The van der Waals surface area contributed by atoms with Crippen LogP contribution in [0, 0.1) is 22.7 Å². The Morgan fingerprint density at radius 2 is 0.857 bits per heavy atom. The van der Waals surface area contributed by atoms with Crippen molar-refractivity contribution in [1.29, 1.82) is 10.5 Å². The predicted molar refractivity (Wildman–Crippen MR) is 170 cm³/mol. The highest BCUT2D eigenvalue weighted by molar-refractivity contribution is 6.10. The standard InChI is InChI=1S/C38H22N4/c39-23-25-17-18-26(24-40)34(19-25)27-20-28(41-35-13-5-1-9-30(35)31-10-2-6-14-36(31)41)22-29(21-27)42-37-15-7-3-11-32(37)33-12-4-8-16-38(33)42/h1-22H. The molecule has 0 fully saturated rings. The Morgan fingerprint density at radius 3 is 1.26 bits per heavy atom. The van der Waals surface area contributed by atoms with E-state index in [1.54, 1.807) is 12.1 Å². The Labute approximate surface area is 242 Å². The minimum Gasteiger partial charge on any atom is -0.309 e. The van der Waals surface area contributed by atoms with Gasteiger partial charge in [0.2, 0.25) is 0 Å². The summed E-state index contributed by atoms with van der Waals surface area (Å²) in [6.07, 6.45) is 0. The van der Waals surface area contributed by atoms with Crippen LogP contribution in [0.15, 0.2) is 133 Å². The monoisotopic (exact) mass is 534 g/mol. The summed E-state index contributed by atoms with van der Waals surface area (Å²) in [5, 5.41) is 24.5. The molecule has 0 spiro atoms. The molecule has 0 radical (unpaired) electrons. The van der Waals surface area contributed by atoms with Crippen molar-refractivity contribution in [2.24, 2.45) is 0 Å². The number of nitriles is 2. The SMILES string of the molecule is N#Cc1ccc(C#N)c(-c2cc(-n3c4ccccc4c4ccccc43)cc(-n3c4ccccc4c4ccccc43)c2)c1. The molecule has 0 N–H and O–H groups in total. The molecule has 0 saturated heterocycles. The Hall–Kier alpha value is -6.10. The van der Waals surface area contributed by atoms with Crippen molar-refractivity contribution in [3.8, 4) is 34.6 Å². The van der Waals surface area contributed by atoms with Gasteiger partial charge < -0.3 is 9.13 Å². The van der Waals surface area contributed by atoms with Crippen LogP contribution in [0.4, 0.5) is 0 Å². The smallest absolute Gasteiger partial charge is 0.0998 e. The van der Waals surface area contributed by atoms with Gasteiger partial charge in [-0.3, -0.25) is 0 Å². The first-order chi connectivity index (χ1) is 20.7. The van der Waals surface area contributed by atoms with Gasteiger partial charge in [0.25, 0.3) is 0 Å². The van der Waals surface area contributed by atoms with Crippen LogP contribution in [0.2, 0.25) is 0 Å². The van der Waals surface area contributed by atoms with Crippen LogP contribution in [0.3, 0.4) is 0 Å². The van der Waals surface area contributed by atoms with Gasteiger partial charge in [-0.1, -0.05) is 72.8 Å². The van der Waals surface area contributed by atoms with Crippen LogP contribution in [0.1, 0.15) is 11.1 Å². The Balaban J connectivity index is 1.53. The molecule has 194 valence electrons. The zero-order valence-electron chi connectivity index (χ0n) is 22.5. The minimum atomic E-state index is 0.518. The van der Waals surface area contributed by atoms with Gasteiger partial charge in [0, 0.05) is 38.5 Å². The molecular weight excluding hydrogens is 512 g/mol. The lowest BCUT2D eigenvalue weighted by molar-refractivity contribution is 1.13. The van der Waals surface area contributed by atoms with Gasteiger partial charge in [0.15, 0.2) is 0 Å². The van der Waals surface area contributed by atoms with E-state index in [1.807, 2.05) is 6.07 Å². The number of nitrogens with zero attached hydrogens (tertiary/aromatic N) is 4. The summed E-state index contributed by atoms with van der Waals surface area (Å²) in [4.78, 5) is 0. The lowest BCUT2D eigenvalue weighted by atomic mass is 9.97. The van der Waals surface area contributed by atoms with Gasteiger partial charge in [0.1, 0.15) is 0 Å². The summed E-state index contributed by atoms with van der Waals surface area (Å²) in [5.41, 5.74) is 9.05. The first kappa shape index (κ1) is 23.8. The van der Waals surface area contributed by atoms with Crippen molar-refractivity contribution in [3.63, 3.8) is 0 Å². The van der Waals surface area contributed by atoms with Crippen LogP contribution in [-0.4, -0.2) is 9.13 Å². The lowest BCUT2D eigenvalue weighted by Gasteiger charge is -2.16. The zero-order chi connectivity index (χ0) is 28.2.